The lowest BCUT2D eigenvalue weighted by Gasteiger charge is -2.14. The lowest BCUT2D eigenvalue weighted by atomic mass is 10.3. The van der Waals surface area contributed by atoms with Gasteiger partial charge < -0.3 is 15.3 Å². The van der Waals surface area contributed by atoms with Gasteiger partial charge in [0.15, 0.2) is 0 Å². The molecule has 1 aromatic rings. The third-order valence-corrected chi connectivity index (χ3v) is 3.59. The fourth-order valence-electron chi connectivity index (χ4n) is 1.40. The Morgan fingerprint density at radius 3 is 2.75 bits per heavy atom. The highest BCUT2D eigenvalue weighted by Crippen LogP contribution is 2.33. The minimum absolute atomic E-state index is 0.00562. The third kappa shape index (κ3) is 3.57. The molecular weight excluding hydrogens is 226 g/mol. The van der Waals surface area contributed by atoms with Gasteiger partial charge in [-0.1, -0.05) is 6.92 Å². The van der Waals surface area contributed by atoms with Crippen molar-refractivity contribution in [2.24, 2.45) is 5.73 Å². The van der Waals surface area contributed by atoms with Crippen molar-refractivity contribution in [1.82, 2.24) is 0 Å². The van der Waals surface area contributed by atoms with Gasteiger partial charge in [0.05, 0.1) is 5.25 Å². The number of rotatable bonds is 6. The van der Waals surface area contributed by atoms with Crippen molar-refractivity contribution >= 4 is 17.7 Å². The summed E-state index contributed by atoms with van der Waals surface area (Å²) in [6.07, 6.45) is 0.946. The van der Waals surface area contributed by atoms with Crippen molar-refractivity contribution in [3.63, 3.8) is 0 Å². The predicted octanol–water partition coefficient (Wildman–Crippen LogP) is 2.51. The van der Waals surface area contributed by atoms with Gasteiger partial charge in [0.25, 0.3) is 0 Å². The zero-order valence-electron chi connectivity index (χ0n) is 9.47. The number of carbonyl (C=O) groups is 1. The molecule has 0 saturated carbocycles. The molecule has 1 aromatic heterocycles. The van der Waals surface area contributed by atoms with Crippen LogP contribution in [0.4, 0.5) is 0 Å². The van der Waals surface area contributed by atoms with Crippen LogP contribution in [0.1, 0.15) is 41.8 Å². The second kappa shape index (κ2) is 5.96. The van der Waals surface area contributed by atoms with E-state index < -0.39 is 5.97 Å². The molecule has 0 fully saturated rings. The molecule has 5 heteroatoms. The summed E-state index contributed by atoms with van der Waals surface area (Å²) in [4.78, 5) is 10.6. The van der Waals surface area contributed by atoms with Crippen LogP contribution in [0.5, 0.6) is 0 Å². The highest BCUT2D eigenvalue weighted by molar-refractivity contribution is 8.00. The Bertz CT molecular complexity index is 351. The smallest absolute Gasteiger partial charge is 0.371 e. The largest absolute Gasteiger partial charge is 0.475 e. The molecule has 1 rings (SSSR count). The molecule has 16 heavy (non-hydrogen) atoms. The van der Waals surface area contributed by atoms with Gasteiger partial charge in [-0.2, -0.15) is 0 Å². The summed E-state index contributed by atoms with van der Waals surface area (Å²) >= 11 is 1.74. The number of carboxylic acids is 1. The van der Waals surface area contributed by atoms with Crippen LogP contribution >= 0.6 is 11.8 Å². The summed E-state index contributed by atoms with van der Waals surface area (Å²) in [6.45, 7) is 4.77. The number of furan rings is 1. The minimum Gasteiger partial charge on any atom is -0.475 e. The number of aromatic carboxylic acids is 1. The van der Waals surface area contributed by atoms with E-state index in [1.54, 1.807) is 17.8 Å². The average molecular weight is 243 g/mol. The van der Waals surface area contributed by atoms with Crippen molar-refractivity contribution in [3.8, 4) is 0 Å². The summed E-state index contributed by atoms with van der Waals surface area (Å²) in [5.74, 6) is -0.335. The van der Waals surface area contributed by atoms with E-state index in [2.05, 4.69) is 6.92 Å². The molecule has 0 radical (unpaired) electrons. The molecular formula is C11H17NO3S. The standard InChI is InChI=1S/C11H17NO3S/c1-7(5-6-12)16-8(2)9-3-4-10(15-9)11(13)14/h3-4,7-8H,5-6,12H2,1-2H3,(H,13,14). The molecule has 0 aliphatic heterocycles. The molecule has 2 atom stereocenters. The first-order valence-corrected chi connectivity index (χ1v) is 6.17. The molecule has 0 aliphatic carbocycles. The number of thioether (sulfide) groups is 1. The number of hydrogen-bond donors (Lipinski definition) is 2. The molecule has 0 amide bonds. The molecule has 90 valence electrons. The Labute approximate surface area is 99.2 Å². The summed E-state index contributed by atoms with van der Waals surface area (Å²) in [5, 5.41) is 9.32. The second-order valence-corrected chi connectivity index (χ2v) is 5.46. The van der Waals surface area contributed by atoms with Crippen LogP contribution in [0.25, 0.3) is 0 Å². The first-order chi connectivity index (χ1) is 7.54. The molecule has 0 aliphatic rings. The van der Waals surface area contributed by atoms with Gasteiger partial charge in [0.1, 0.15) is 5.76 Å². The first kappa shape index (κ1) is 13.1. The second-order valence-electron chi connectivity index (χ2n) is 3.67. The number of carboxylic acid groups (broad SMARTS) is 1. The Balaban J connectivity index is 2.58. The summed E-state index contributed by atoms with van der Waals surface area (Å²) in [6, 6.07) is 3.21. The van der Waals surface area contributed by atoms with Crippen LogP contribution in [-0.2, 0) is 0 Å². The van der Waals surface area contributed by atoms with Gasteiger partial charge >= 0.3 is 5.97 Å². The van der Waals surface area contributed by atoms with Crippen LogP contribution in [0, 0.1) is 0 Å². The molecule has 0 aromatic carbocycles. The predicted molar refractivity (Wildman–Crippen MR) is 64.8 cm³/mol. The zero-order chi connectivity index (χ0) is 12.1. The number of nitrogens with two attached hydrogens (primary N) is 1. The van der Waals surface area contributed by atoms with Crippen LogP contribution in [0.3, 0.4) is 0 Å². The molecule has 0 spiro atoms. The topological polar surface area (TPSA) is 76.5 Å². The van der Waals surface area contributed by atoms with E-state index in [0.717, 1.165) is 6.42 Å². The molecule has 0 bridgehead atoms. The fourth-order valence-corrected chi connectivity index (χ4v) is 2.63. The van der Waals surface area contributed by atoms with Crippen molar-refractivity contribution in [2.75, 3.05) is 6.54 Å². The van der Waals surface area contributed by atoms with E-state index >= 15 is 0 Å². The van der Waals surface area contributed by atoms with E-state index in [9.17, 15) is 4.79 Å². The average Bonchev–Trinajstić information content (AvgIpc) is 2.66. The maximum atomic E-state index is 10.6. The first-order valence-electron chi connectivity index (χ1n) is 5.23. The summed E-state index contributed by atoms with van der Waals surface area (Å²) < 4.78 is 5.23. The van der Waals surface area contributed by atoms with Gasteiger partial charge in [-0.15, -0.1) is 11.8 Å². The van der Waals surface area contributed by atoms with Gasteiger partial charge in [-0.05, 0) is 32.0 Å². The molecule has 4 nitrogen and oxygen atoms in total. The third-order valence-electron chi connectivity index (χ3n) is 2.25. The highest BCUT2D eigenvalue weighted by atomic mass is 32.2. The van der Waals surface area contributed by atoms with E-state index in [4.69, 9.17) is 15.3 Å². The Hall–Kier alpha value is -0.940. The van der Waals surface area contributed by atoms with Crippen LogP contribution in [0.15, 0.2) is 16.5 Å². The van der Waals surface area contributed by atoms with Gasteiger partial charge in [0.2, 0.25) is 5.76 Å². The summed E-state index contributed by atoms with van der Waals surface area (Å²) in [7, 11) is 0. The van der Waals surface area contributed by atoms with Crippen molar-refractivity contribution < 1.29 is 14.3 Å². The SMILES string of the molecule is CC(CCN)SC(C)c1ccc(C(=O)O)o1. The van der Waals surface area contributed by atoms with Gasteiger partial charge in [0, 0.05) is 5.25 Å². The van der Waals surface area contributed by atoms with Crippen molar-refractivity contribution in [1.29, 1.82) is 0 Å². The lowest BCUT2D eigenvalue weighted by Crippen LogP contribution is -2.08. The normalized spacial score (nSPS) is 14.7. The van der Waals surface area contributed by atoms with Gasteiger partial charge in [-0.25, -0.2) is 4.79 Å². The highest BCUT2D eigenvalue weighted by Gasteiger charge is 2.16. The van der Waals surface area contributed by atoms with Gasteiger partial charge in [-0.3, -0.25) is 0 Å². The van der Waals surface area contributed by atoms with Crippen LogP contribution in [0.2, 0.25) is 0 Å². The Morgan fingerprint density at radius 2 is 2.25 bits per heavy atom. The van der Waals surface area contributed by atoms with Crippen LogP contribution in [-0.4, -0.2) is 22.9 Å². The quantitative estimate of drug-likeness (QED) is 0.802. The van der Waals surface area contributed by atoms with E-state index in [1.165, 1.54) is 6.07 Å². The lowest BCUT2D eigenvalue weighted by molar-refractivity contribution is 0.0660. The van der Waals surface area contributed by atoms with E-state index in [0.29, 0.717) is 17.6 Å². The van der Waals surface area contributed by atoms with E-state index in [1.807, 2.05) is 6.92 Å². The van der Waals surface area contributed by atoms with Crippen molar-refractivity contribution in [2.45, 2.75) is 30.8 Å². The minimum atomic E-state index is -1.03. The molecule has 1 heterocycles. The van der Waals surface area contributed by atoms with E-state index in [-0.39, 0.29) is 11.0 Å². The Morgan fingerprint density at radius 1 is 1.56 bits per heavy atom. The summed E-state index contributed by atoms with van der Waals surface area (Å²) in [5.41, 5.74) is 5.47. The molecule has 2 unspecified atom stereocenters. The van der Waals surface area contributed by atoms with Crippen LogP contribution < -0.4 is 5.73 Å². The number of hydrogen-bond acceptors (Lipinski definition) is 4. The zero-order valence-corrected chi connectivity index (χ0v) is 10.3. The molecule has 3 N–H and O–H groups in total. The Kier molecular flexibility index (Phi) is 4.89. The maximum Gasteiger partial charge on any atom is 0.371 e. The maximum absolute atomic E-state index is 10.6. The monoisotopic (exact) mass is 243 g/mol. The van der Waals surface area contributed by atoms with Crippen molar-refractivity contribution in [3.05, 3.63) is 23.7 Å². The molecule has 0 saturated heterocycles. The fraction of sp³-hybridized carbons (Fsp3) is 0.545.